The van der Waals surface area contributed by atoms with E-state index in [9.17, 15) is 13.2 Å². The van der Waals surface area contributed by atoms with Gasteiger partial charge in [0.15, 0.2) is 0 Å². The third-order valence-corrected chi connectivity index (χ3v) is 6.57. The third kappa shape index (κ3) is 4.92. The number of hydrogen-bond acceptors (Lipinski definition) is 6. The molecule has 3 aromatic rings. The molecule has 0 saturated carbocycles. The predicted molar refractivity (Wildman–Crippen MR) is 118 cm³/mol. The van der Waals surface area contributed by atoms with E-state index in [0.717, 1.165) is 19.7 Å². The number of rotatable bonds is 7. The summed E-state index contributed by atoms with van der Waals surface area (Å²) < 4.78 is 32.0. The van der Waals surface area contributed by atoms with Gasteiger partial charge in [-0.15, -0.1) is 0 Å². The van der Waals surface area contributed by atoms with Gasteiger partial charge in [-0.25, -0.2) is 0 Å². The first kappa shape index (κ1) is 22.4. The van der Waals surface area contributed by atoms with E-state index >= 15 is 0 Å². The lowest BCUT2D eigenvalue weighted by Gasteiger charge is -2.23. The van der Waals surface area contributed by atoms with Gasteiger partial charge in [0.2, 0.25) is 11.7 Å². The second-order valence-electron chi connectivity index (χ2n) is 7.35. The molecule has 0 saturated heterocycles. The van der Waals surface area contributed by atoms with Gasteiger partial charge in [0, 0.05) is 39.3 Å². The van der Waals surface area contributed by atoms with E-state index in [-0.39, 0.29) is 12.5 Å². The lowest BCUT2D eigenvalue weighted by molar-refractivity contribution is 0.0769. The van der Waals surface area contributed by atoms with Crippen molar-refractivity contribution in [2.24, 2.45) is 0 Å². The summed E-state index contributed by atoms with van der Waals surface area (Å²) in [6.45, 7) is 2.13. The Bertz CT molecular complexity index is 1170. The summed E-state index contributed by atoms with van der Waals surface area (Å²) in [6.07, 6.45) is 0. The van der Waals surface area contributed by atoms with Crippen molar-refractivity contribution >= 4 is 21.8 Å². The van der Waals surface area contributed by atoms with Gasteiger partial charge in [-0.05, 0) is 37.3 Å². The lowest BCUT2D eigenvalue weighted by atomic mass is 10.1. The number of carbonyl (C=O) groups is 1. The number of aromatic nitrogens is 2. The summed E-state index contributed by atoms with van der Waals surface area (Å²) in [5.74, 6) is 0.537. The van der Waals surface area contributed by atoms with Crippen LogP contribution in [0.3, 0.4) is 0 Å². The van der Waals surface area contributed by atoms with Crippen LogP contribution in [-0.2, 0) is 16.8 Å². The van der Waals surface area contributed by atoms with E-state index in [1.165, 1.54) is 26.0 Å². The molecule has 31 heavy (non-hydrogen) atoms. The summed E-state index contributed by atoms with van der Waals surface area (Å²) in [4.78, 5) is 18.6. The zero-order valence-electron chi connectivity index (χ0n) is 18.1. The molecule has 0 aliphatic heterocycles. The number of amides is 1. The van der Waals surface area contributed by atoms with Gasteiger partial charge >= 0.3 is 10.2 Å². The van der Waals surface area contributed by atoms with Crippen molar-refractivity contribution in [3.63, 3.8) is 0 Å². The molecule has 0 spiro atoms. The Kier molecular flexibility index (Phi) is 6.42. The second-order valence-corrected chi connectivity index (χ2v) is 9.52. The Morgan fingerprint density at radius 3 is 2.32 bits per heavy atom. The van der Waals surface area contributed by atoms with E-state index in [1.807, 2.05) is 31.2 Å². The average Bonchev–Trinajstić information content (AvgIpc) is 3.21. The highest BCUT2D eigenvalue weighted by molar-refractivity contribution is 7.90. The second kappa shape index (κ2) is 8.86. The molecular formula is C21H25N5O4S. The van der Waals surface area contributed by atoms with Crippen molar-refractivity contribution in [2.45, 2.75) is 13.5 Å². The van der Waals surface area contributed by atoms with Crippen molar-refractivity contribution in [3.05, 3.63) is 65.5 Å². The standard InChI is InChI=1S/C21H25N5O4S/c1-15-7-6-8-17(13-15)20-22-19(30-23-20)14-25(4)21(27)16-9-11-18(12-10-16)26(5)31(28,29)24(2)3/h6-13H,14H2,1-5H3. The first-order chi connectivity index (χ1) is 14.6. The summed E-state index contributed by atoms with van der Waals surface area (Å²) >= 11 is 0. The first-order valence-electron chi connectivity index (χ1n) is 9.51. The van der Waals surface area contributed by atoms with E-state index < -0.39 is 10.2 Å². The quantitative estimate of drug-likeness (QED) is 0.556. The normalized spacial score (nSPS) is 11.5. The average molecular weight is 444 g/mol. The van der Waals surface area contributed by atoms with Gasteiger partial charge in [0.05, 0.1) is 12.2 Å². The fraction of sp³-hybridized carbons (Fsp3) is 0.286. The topological polar surface area (TPSA) is 99.8 Å². The SMILES string of the molecule is Cc1cccc(-c2noc(CN(C)C(=O)c3ccc(N(C)S(=O)(=O)N(C)C)cc3)n2)c1. The van der Waals surface area contributed by atoms with Gasteiger partial charge in [-0.3, -0.25) is 9.10 Å². The maximum Gasteiger partial charge on any atom is 0.303 e. The molecule has 0 atom stereocenters. The molecule has 0 N–H and O–H groups in total. The van der Waals surface area contributed by atoms with Crippen molar-refractivity contribution in [1.82, 2.24) is 19.3 Å². The van der Waals surface area contributed by atoms with Crippen molar-refractivity contribution in [3.8, 4) is 11.4 Å². The zero-order chi connectivity index (χ0) is 22.8. The fourth-order valence-corrected chi connectivity index (χ4v) is 3.79. The van der Waals surface area contributed by atoms with Crippen molar-refractivity contribution in [2.75, 3.05) is 32.5 Å². The van der Waals surface area contributed by atoms with Crippen LogP contribution in [0.1, 0.15) is 21.8 Å². The Labute approximate surface area is 182 Å². The van der Waals surface area contributed by atoms with E-state index in [4.69, 9.17) is 4.52 Å². The van der Waals surface area contributed by atoms with Crippen LogP contribution in [0.2, 0.25) is 0 Å². The Morgan fingerprint density at radius 1 is 1.03 bits per heavy atom. The molecule has 0 fully saturated rings. The minimum absolute atomic E-state index is 0.147. The number of aryl methyl sites for hydroxylation is 1. The van der Waals surface area contributed by atoms with Crippen LogP contribution in [0, 0.1) is 6.92 Å². The Morgan fingerprint density at radius 2 is 1.71 bits per heavy atom. The number of nitrogens with zero attached hydrogens (tertiary/aromatic N) is 5. The number of hydrogen-bond donors (Lipinski definition) is 0. The van der Waals surface area contributed by atoms with E-state index in [1.54, 1.807) is 31.3 Å². The largest absolute Gasteiger partial charge is 0.337 e. The minimum Gasteiger partial charge on any atom is -0.337 e. The first-order valence-corrected chi connectivity index (χ1v) is 10.9. The molecule has 0 aliphatic carbocycles. The molecule has 0 unspecified atom stereocenters. The van der Waals surface area contributed by atoms with Crippen LogP contribution in [0.4, 0.5) is 5.69 Å². The third-order valence-electron chi connectivity index (χ3n) is 4.75. The maximum atomic E-state index is 12.8. The zero-order valence-corrected chi connectivity index (χ0v) is 18.9. The number of carbonyl (C=O) groups excluding carboxylic acids is 1. The smallest absolute Gasteiger partial charge is 0.303 e. The molecule has 2 aromatic carbocycles. The van der Waals surface area contributed by atoms with Crippen molar-refractivity contribution < 1.29 is 17.7 Å². The van der Waals surface area contributed by atoms with Gasteiger partial charge < -0.3 is 9.42 Å². The van der Waals surface area contributed by atoms with Crippen LogP contribution in [0.15, 0.2) is 53.1 Å². The highest BCUT2D eigenvalue weighted by Gasteiger charge is 2.22. The van der Waals surface area contributed by atoms with Crippen LogP contribution >= 0.6 is 0 Å². The predicted octanol–water partition coefficient (Wildman–Crippen LogP) is 2.56. The van der Waals surface area contributed by atoms with Crippen molar-refractivity contribution in [1.29, 1.82) is 0 Å². The molecule has 164 valence electrons. The van der Waals surface area contributed by atoms with Crippen LogP contribution in [-0.4, -0.2) is 61.9 Å². The van der Waals surface area contributed by atoms with Crippen LogP contribution in [0.25, 0.3) is 11.4 Å². The molecule has 0 aliphatic rings. The summed E-state index contributed by atoms with van der Waals surface area (Å²) in [5.41, 5.74) is 2.80. The fourth-order valence-electron chi connectivity index (χ4n) is 2.91. The van der Waals surface area contributed by atoms with E-state index in [0.29, 0.717) is 23.0 Å². The molecule has 0 radical (unpaired) electrons. The summed E-state index contributed by atoms with van der Waals surface area (Å²) in [5, 5.41) is 3.99. The minimum atomic E-state index is -3.60. The molecular weight excluding hydrogens is 418 g/mol. The van der Waals surface area contributed by atoms with E-state index in [2.05, 4.69) is 10.1 Å². The number of benzene rings is 2. The summed E-state index contributed by atoms with van der Waals surface area (Å²) in [6, 6.07) is 14.1. The molecule has 1 amide bonds. The molecule has 1 heterocycles. The Balaban J connectivity index is 1.69. The molecule has 0 bridgehead atoms. The summed E-state index contributed by atoms with van der Waals surface area (Å²) in [7, 11) is 2.41. The Hall–Kier alpha value is -3.24. The highest BCUT2D eigenvalue weighted by Crippen LogP contribution is 2.20. The maximum absolute atomic E-state index is 12.8. The van der Waals surface area contributed by atoms with Gasteiger partial charge in [-0.2, -0.15) is 17.7 Å². The molecule has 9 nitrogen and oxygen atoms in total. The molecule has 1 aromatic heterocycles. The monoisotopic (exact) mass is 443 g/mol. The molecule has 10 heteroatoms. The van der Waals surface area contributed by atoms with Crippen LogP contribution in [0.5, 0.6) is 0 Å². The van der Waals surface area contributed by atoms with Gasteiger partial charge in [0.1, 0.15) is 0 Å². The van der Waals surface area contributed by atoms with Gasteiger partial charge in [0.25, 0.3) is 5.91 Å². The molecule has 3 rings (SSSR count). The highest BCUT2D eigenvalue weighted by atomic mass is 32.2. The number of anilines is 1. The lowest BCUT2D eigenvalue weighted by Crippen LogP contribution is -2.37. The van der Waals surface area contributed by atoms with Crippen LogP contribution < -0.4 is 4.31 Å². The van der Waals surface area contributed by atoms with Gasteiger partial charge in [-0.1, -0.05) is 28.9 Å².